The van der Waals surface area contributed by atoms with Crippen LogP contribution in [-0.2, 0) is 0 Å². The van der Waals surface area contributed by atoms with Crippen molar-refractivity contribution in [3.05, 3.63) is 41.2 Å². The molecule has 0 aliphatic carbocycles. The van der Waals surface area contributed by atoms with E-state index in [9.17, 15) is 4.39 Å². The van der Waals surface area contributed by atoms with Gasteiger partial charge in [-0.25, -0.2) is 14.1 Å². The molecule has 5 heteroatoms. The van der Waals surface area contributed by atoms with Crippen LogP contribution in [0.2, 0.25) is 5.28 Å². The summed E-state index contributed by atoms with van der Waals surface area (Å²) < 4.78 is 14.2. The monoisotopic (exact) mass is 211 g/mol. The van der Waals surface area contributed by atoms with Crippen LogP contribution in [0, 0.1) is 12.7 Å². The SMILES string of the molecule is Cc1nc(Cl)nn1-c1ccc(F)cc1. The summed E-state index contributed by atoms with van der Waals surface area (Å²) in [7, 11) is 0. The molecule has 0 radical (unpaired) electrons. The van der Waals surface area contributed by atoms with Crippen molar-refractivity contribution in [3.8, 4) is 5.69 Å². The first-order chi connectivity index (χ1) is 6.66. The third-order valence-electron chi connectivity index (χ3n) is 1.81. The van der Waals surface area contributed by atoms with E-state index in [0.717, 1.165) is 5.69 Å². The Bertz CT molecular complexity index is 450. The van der Waals surface area contributed by atoms with Gasteiger partial charge in [0.25, 0.3) is 0 Å². The minimum Gasteiger partial charge on any atom is -0.217 e. The maximum absolute atomic E-state index is 12.6. The zero-order valence-electron chi connectivity index (χ0n) is 7.41. The largest absolute Gasteiger partial charge is 0.243 e. The van der Waals surface area contributed by atoms with Crippen LogP contribution >= 0.6 is 11.6 Å². The third-order valence-corrected chi connectivity index (χ3v) is 1.97. The van der Waals surface area contributed by atoms with Crippen LogP contribution in [0.25, 0.3) is 5.69 Å². The van der Waals surface area contributed by atoms with Crippen LogP contribution in [0.4, 0.5) is 4.39 Å². The molecule has 1 aromatic carbocycles. The Morgan fingerprint density at radius 1 is 1.29 bits per heavy atom. The van der Waals surface area contributed by atoms with E-state index in [1.165, 1.54) is 12.1 Å². The fourth-order valence-corrected chi connectivity index (χ4v) is 1.38. The molecule has 0 fully saturated rings. The van der Waals surface area contributed by atoms with Gasteiger partial charge in [-0.1, -0.05) is 0 Å². The van der Waals surface area contributed by atoms with Gasteiger partial charge in [-0.2, -0.15) is 0 Å². The maximum Gasteiger partial charge on any atom is 0.243 e. The van der Waals surface area contributed by atoms with Crippen LogP contribution in [0.3, 0.4) is 0 Å². The van der Waals surface area contributed by atoms with Gasteiger partial charge < -0.3 is 0 Å². The van der Waals surface area contributed by atoms with Crippen molar-refractivity contribution in [2.24, 2.45) is 0 Å². The molecule has 0 saturated carbocycles. The van der Waals surface area contributed by atoms with Gasteiger partial charge >= 0.3 is 0 Å². The van der Waals surface area contributed by atoms with E-state index in [0.29, 0.717) is 5.82 Å². The van der Waals surface area contributed by atoms with Gasteiger partial charge in [0.1, 0.15) is 11.6 Å². The summed E-state index contributed by atoms with van der Waals surface area (Å²) in [6.45, 7) is 1.78. The van der Waals surface area contributed by atoms with Gasteiger partial charge in [-0.05, 0) is 42.8 Å². The molecule has 0 atom stereocenters. The number of hydrogen-bond donors (Lipinski definition) is 0. The number of benzene rings is 1. The van der Waals surface area contributed by atoms with Crippen molar-refractivity contribution in [1.29, 1.82) is 0 Å². The number of halogens is 2. The molecular weight excluding hydrogens is 205 g/mol. The van der Waals surface area contributed by atoms with Crippen LogP contribution in [0.15, 0.2) is 24.3 Å². The molecule has 2 aromatic rings. The lowest BCUT2D eigenvalue weighted by atomic mass is 10.3. The van der Waals surface area contributed by atoms with Gasteiger partial charge in [-0.3, -0.25) is 0 Å². The molecule has 0 aliphatic rings. The number of aromatic nitrogens is 3. The predicted octanol–water partition coefficient (Wildman–Crippen LogP) is 2.37. The average Bonchev–Trinajstić information content (AvgIpc) is 2.47. The Hall–Kier alpha value is -1.42. The normalized spacial score (nSPS) is 10.5. The van der Waals surface area contributed by atoms with E-state index >= 15 is 0 Å². The molecule has 0 aliphatic heterocycles. The highest BCUT2D eigenvalue weighted by Gasteiger charge is 2.05. The third kappa shape index (κ3) is 1.61. The van der Waals surface area contributed by atoms with Crippen LogP contribution < -0.4 is 0 Å². The van der Waals surface area contributed by atoms with Gasteiger partial charge in [0.05, 0.1) is 5.69 Å². The first-order valence-corrected chi connectivity index (χ1v) is 4.40. The number of aryl methyl sites for hydroxylation is 1. The Kier molecular flexibility index (Phi) is 2.21. The van der Waals surface area contributed by atoms with Crippen LogP contribution in [0.5, 0.6) is 0 Å². The van der Waals surface area contributed by atoms with E-state index in [-0.39, 0.29) is 11.1 Å². The smallest absolute Gasteiger partial charge is 0.217 e. The van der Waals surface area contributed by atoms with Crippen molar-refractivity contribution in [2.45, 2.75) is 6.92 Å². The minimum atomic E-state index is -0.280. The topological polar surface area (TPSA) is 30.7 Å². The molecule has 1 aromatic heterocycles. The summed E-state index contributed by atoms with van der Waals surface area (Å²) in [5, 5.41) is 4.15. The van der Waals surface area contributed by atoms with E-state index < -0.39 is 0 Å². The van der Waals surface area contributed by atoms with Crippen molar-refractivity contribution >= 4 is 11.6 Å². The summed E-state index contributed by atoms with van der Waals surface area (Å²) in [6, 6.07) is 5.97. The second kappa shape index (κ2) is 3.38. The molecule has 0 N–H and O–H groups in total. The molecule has 0 bridgehead atoms. The number of rotatable bonds is 1. The van der Waals surface area contributed by atoms with E-state index in [1.54, 1.807) is 23.7 Å². The van der Waals surface area contributed by atoms with Crippen molar-refractivity contribution in [1.82, 2.24) is 14.8 Å². The van der Waals surface area contributed by atoms with E-state index in [4.69, 9.17) is 11.6 Å². The standard InChI is InChI=1S/C9H7ClFN3/c1-6-12-9(10)13-14(6)8-4-2-7(11)3-5-8/h2-5H,1H3. The first-order valence-electron chi connectivity index (χ1n) is 4.02. The Labute approximate surface area is 85.1 Å². The molecule has 0 amide bonds. The predicted molar refractivity (Wildman–Crippen MR) is 51.1 cm³/mol. The molecule has 0 unspecified atom stereocenters. The van der Waals surface area contributed by atoms with Crippen molar-refractivity contribution in [3.63, 3.8) is 0 Å². The first kappa shape index (κ1) is 9.15. The number of nitrogens with zero attached hydrogens (tertiary/aromatic N) is 3. The maximum atomic E-state index is 12.6. The van der Waals surface area contributed by atoms with Crippen molar-refractivity contribution in [2.75, 3.05) is 0 Å². The molecule has 72 valence electrons. The zero-order chi connectivity index (χ0) is 10.1. The van der Waals surface area contributed by atoms with Crippen LogP contribution in [-0.4, -0.2) is 14.8 Å². The lowest BCUT2D eigenvalue weighted by molar-refractivity contribution is 0.627. The molecule has 1 heterocycles. The summed E-state index contributed by atoms with van der Waals surface area (Å²) in [4.78, 5) is 3.93. The zero-order valence-corrected chi connectivity index (χ0v) is 8.16. The highest BCUT2D eigenvalue weighted by molar-refractivity contribution is 6.28. The Morgan fingerprint density at radius 2 is 1.93 bits per heavy atom. The Morgan fingerprint density at radius 3 is 2.43 bits per heavy atom. The molecule has 0 saturated heterocycles. The highest BCUT2D eigenvalue weighted by Crippen LogP contribution is 2.12. The minimum absolute atomic E-state index is 0.187. The molecule has 2 rings (SSSR count). The van der Waals surface area contributed by atoms with Crippen LogP contribution in [0.1, 0.15) is 5.82 Å². The quantitative estimate of drug-likeness (QED) is 0.725. The van der Waals surface area contributed by atoms with E-state index in [2.05, 4.69) is 10.1 Å². The summed E-state index contributed by atoms with van der Waals surface area (Å²) >= 11 is 5.63. The average molecular weight is 212 g/mol. The lowest BCUT2D eigenvalue weighted by Crippen LogP contribution is -1.98. The number of hydrogen-bond acceptors (Lipinski definition) is 2. The Balaban J connectivity index is 2.49. The fraction of sp³-hybridized carbons (Fsp3) is 0.111. The van der Waals surface area contributed by atoms with Crippen molar-refractivity contribution < 1.29 is 4.39 Å². The molecule has 14 heavy (non-hydrogen) atoms. The molecular formula is C9H7ClFN3. The van der Waals surface area contributed by atoms with Gasteiger partial charge in [0.2, 0.25) is 5.28 Å². The summed E-state index contributed by atoms with van der Waals surface area (Å²) in [5.74, 6) is 0.388. The van der Waals surface area contributed by atoms with Gasteiger partial charge in [0.15, 0.2) is 0 Å². The van der Waals surface area contributed by atoms with Gasteiger partial charge in [0, 0.05) is 0 Å². The second-order valence-corrected chi connectivity index (χ2v) is 3.15. The van der Waals surface area contributed by atoms with Gasteiger partial charge in [-0.15, -0.1) is 5.10 Å². The summed E-state index contributed by atoms with van der Waals surface area (Å²) in [6.07, 6.45) is 0. The van der Waals surface area contributed by atoms with E-state index in [1.807, 2.05) is 0 Å². The highest BCUT2D eigenvalue weighted by atomic mass is 35.5. The second-order valence-electron chi connectivity index (χ2n) is 2.82. The summed E-state index contributed by atoms with van der Waals surface area (Å²) in [5.41, 5.74) is 0.739. The fourth-order valence-electron chi connectivity index (χ4n) is 1.18. The molecule has 0 spiro atoms. The lowest BCUT2D eigenvalue weighted by Gasteiger charge is -2.01. The molecule has 3 nitrogen and oxygen atoms in total.